The van der Waals surface area contributed by atoms with E-state index >= 15 is 0 Å². The van der Waals surface area contributed by atoms with Crippen molar-refractivity contribution in [3.8, 4) is 10.6 Å². The van der Waals surface area contributed by atoms with Crippen molar-refractivity contribution < 1.29 is 27.5 Å². The molecule has 0 bridgehead atoms. The van der Waals surface area contributed by atoms with Gasteiger partial charge in [0.25, 0.3) is 0 Å². The molecule has 0 atom stereocenters. The van der Waals surface area contributed by atoms with E-state index in [1.165, 1.54) is 29.2 Å². The summed E-state index contributed by atoms with van der Waals surface area (Å²) in [6.07, 6.45) is -4.80. The Morgan fingerprint density at radius 3 is 2.53 bits per heavy atom. The number of rotatable bonds is 6. The summed E-state index contributed by atoms with van der Waals surface area (Å²) in [5, 5.41) is 9.41. The maximum absolute atomic E-state index is 13.9. The normalized spacial score (nSPS) is 11.7. The van der Waals surface area contributed by atoms with Gasteiger partial charge in [-0.2, -0.15) is 13.2 Å². The molecular weight excluding hydrogens is 438 g/mol. The Labute approximate surface area is 178 Å². The van der Waals surface area contributed by atoms with E-state index in [1.807, 2.05) is 19.1 Å². The fourth-order valence-electron chi connectivity index (χ4n) is 2.79. The first-order chi connectivity index (χ1) is 14.0. The molecule has 9 heteroatoms. The molecule has 0 aliphatic rings. The second-order valence-corrected chi connectivity index (χ2v) is 8.78. The second-order valence-electron chi connectivity index (χ2n) is 6.68. The molecule has 2 aromatic carbocycles. The maximum atomic E-state index is 13.9. The first kappa shape index (κ1) is 22.3. The quantitative estimate of drug-likeness (QED) is 0.340. The van der Waals surface area contributed by atoms with Crippen LogP contribution in [-0.2, 0) is 23.1 Å². The predicted octanol–water partition coefficient (Wildman–Crippen LogP) is 6.50. The van der Waals surface area contributed by atoms with Gasteiger partial charge in [0.05, 0.1) is 17.7 Å². The summed E-state index contributed by atoms with van der Waals surface area (Å²) in [5.74, 6) is -1.67. The van der Waals surface area contributed by atoms with Gasteiger partial charge in [-0.05, 0) is 43.2 Å². The van der Waals surface area contributed by atoms with Crippen LogP contribution < -0.4 is 0 Å². The van der Waals surface area contributed by atoms with Gasteiger partial charge in [0.2, 0.25) is 0 Å². The molecule has 158 valence electrons. The molecule has 30 heavy (non-hydrogen) atoms. The van der Waals surface area contributed by atoms with Gasteiger partial charge in [-0.3, -0.25) is 4.79 Å². The number of thiazole rings is 1. The zero-order valence-corrected chi connectivity index (χ0v) is 17.6. The Morgan fingerprint density at radius 1 is 1.17 bits per heavy atom. The number of aromatic nitrogens is 1. The molecule has 0 fully saturated rings. The summed E-state index contributed by atoms with van der Waals surface area (Å²) >= 11 is 2.83. The molecule has 0 aliphatic heterocycles. The number of benzene rings is 2. The summed E-state index contributed by atoms with van der Waals surface area (Å²) in [6, 6.07) is 8.31. The van der Waals surface area contributed by atoms with Crippen molar-refractivity contribution in [2.45, 2.75) is 37.1 Å². The van der Waals surface area contributed by atoms with E-state index in [0.29, 0.717) is 21.9 Å². The Bertz CT molecular complexity index is 1090. The van der Waals surface area contributed by atoms with Gasteiger partial charge in [-0.25, -0.2) is 9.37 Å². The first-order valence-corrected chi connectivity index (χ1v) is 10.6. The average Bonchev–Trinajstić information content (AvgIpc) is 3.01. The van der Waals surface area contributed by atoms with Crippen molar-refractivity contribution >= 4 is 29.1 Å². The lowest BCUT2D eigenvalue weighted by Gasteiger charge is -2.08. The first-order valence-electron chi connectivity index (χ1n) is 8.82. The third-order valence-electron chi connectivity index (χ3n) is 4.38. The lowest BCUT2D eigenvalue weighted by atomic mass is 10.1. The largest absolute Gasteiger partial charge is 0.481 e. The topological polar surface area (TPSA) is 50.2 Å². The number of alkyl halides is 3. The van der Waals surface area contributed by atoms with Crippen molar-refractivity contribution in [1.29, 1.82) is 0 Å². The van der Waals surface area contributed by atoms with Gasteiger partial charge >= 0.3 is 12.1 Å². The molecule has 3 rings (SSSR count). The fraction of sp³-hybridized carbons (Fsp3) is 0.238. The van der Waals surface area contributed by atoms with Crippen molar-refractivity contribution in [3.05, 3.63) is 69.5 Å². The van der Waals surface area contributed by atoms with E-state index in [9.17, 15) is 22.4 Å². The summed E-state index contributed by atoms with van der Waals surface area (Å²) in [4.78, 5) is 17.2. The van der Waals surface area contributed by atoms with Crippen LogP contribution in [0.15, 0.2) is 41.3 Å². The molecule has 0 saturated heterocycles. The highest BCUT2D eigenvalue weighted by Gasteiger charge is 2.34. The van der Waals surface area contributed by atoms with Crippen LogP contribution in [0, 0.1) is 19.7 Å². The van der Waals surface area contributed by atoms with Crippen LogP contribution in [0.25, 0.3) is 10.6 Å². The standard InChI is InChI=1S/C21H17F4NO2S2/c1-11-3-4-13(8-19(27)28)7-17(11)29-10-18-12(2)26-20(30-18)14-5-6-15(16(22)9-14)21(23,24)25/h3-7,9H,8,10H2,1-2H3,(H,27,28). The van der Waals surface area contributed by atoms with Crippen molar-refractivity contribution in [3.63, 3.8) is 0 Å². The summed E-state index contributed by atoms with van der Waals surface area (Å²) < 4.78 is 52.2. The van der Waals surface area contributed by atoms with Gasteiger partial charge in [0.15, 0.2) is 0 Å². The number of aliphatic carboxylic acids is 1. The molecular formula is C21H17F4NO2S2. The van der Waals surface area contributed by atoms with E-state index in [1.54, 1.807) is 13.0 Å². The van der Waals surface area contributed by atoms with Crippen LogP contribution in [0.3, 0.4) is 0 Å². The van der Waals surface area contributed by atoms with E-state index in [0.717, 1.165) is 33.2 Å². The molecule has 0 saturated carbocycles. The zero-order valence-electron chi connectivity index (χ0n) is 16.0. The lowest BCUT2D eigenvalue weighted by Crippen LogP contribution is -2.07. The van der Waals surface area contributed by atoms with Crippen LogP contribution in [0.1, 0.15) is 27.3 Å². The fourth-order valence-corrected chi connectivity index (χ4v) is 5.08. The van der Waals surface area contributed by atoms with Crippen molar-refractivity contribution in [1.82, 2.24) is 4.98 Å². The summed E-state index contributed by atoms with van der Waals surface area (Å²) in [7, 11) is 0. The molecule has 0 unspecified atom stereocenters. The van der Waals surface area contributed by atoms with Crippen LogP contribution >= 0.6 is 23.1 Å². The van der Waals surface area contributed by atoms with E-state index in [-0.39, 0.29) is 6.42 Å². The van der Waals surface area contributed by atoms with Crippen molar-refractivity contribution in [2.24, 2.45) is 0 Å². The number of hydrogen-bond acceptors (Lipinski definition) is 4. The molecule has 0 amide bonds. The molecule has 1 heterocycles. The monoisotopic (exact) mass is 455 g/mol. The molecule has 1 N–H and O–H groups in total. The second kappa shape index (κ2) is 8.77. The third-order valence-corrected chi connectivity index (χ3v) is 6.95. The summed E-state index contributed by atoms with van der Waals surface area (Å²) in [5.41, 5.74) is 1.44. The Balaban J connectivity index is 1.79. The Morgan fingerprint density at radius 2 is 1.90 bits per heavy atom. The number of hydrogen-bond donors (Lipinski definition) is 1. The Hall–Kier alpha value is -2.39. The minimum atomic E-state index is -4.74. The number of thioether (sulfide) groups is 1. The predicted molar refractivity (Wildman–Crippen MR) is 109 cm³/mol. The SMILES string of the molecule is Cc1ccc(CC(=O)O)cc1SCc1sc(-c2ccc(C(F)(F)F)c(F)c2)nc1C. The van der Waals surface area contributed by atoms with Gasteiger partial charge < -0.3 is 5.11 Å². The minimum Gasteiger partial charge on any atom is -0.481 e. The molecule has 3 nitrogen and oxygen atoms in total. The van der Waals surface area contributed by atoms with Gasteiger partial charge in [-0.1, -0.05) is 18.2 Å². The third kappa shape index (κ3) is 5.20. The molecule has 0 spiro atoms. The molecule has 1 aromatic heterocycles. The van der Waals surface area contributed by atoms with Crippen LogP contribution in [0.4, 0.5) is 17.6 Å². The van der Waals surface area contributed by atoms with Crippen LogP contribution in [0.5, 0.6) is 0 Å². The number of carboxylic acid groups (broad SMARTS) is 1. The van der Waals surface area contributed by atoms with E-state index in [4.69, 9.17) is 5.11 Å². The van der Waals surface area contributed by atoms with Gasteiger partial charge in [0, 0.05) is 21.1 Å². The van der Waals surface area contributed by atoms with Crippen LogP contribution in [-0.4, -0.2) is 16.1 Å². The number of nitrogens with zero attached hydrogens (tertiary/aromatic N) is 1. The van der Waals surface area contributed by atoms with Gasteiger partial charge in [-0.15, -0.1) is 23.1 Å². The van der Waals surface area contributed by atoms with Crippen LogP contribution in [0.2, 0.25) is 0 Å². The maximum Gasteiger partial charge on any atom is 0.419 e. The molecule has 0 aliphatic carbocycles. The number of carboxylic acids is 1. The van der Waals surface area contributed by atoms with E-state index < -0.39 is 23.5 Å². The van der Waals surface area contributed by atoms with Gasteiger partial charge in [0.1, 0.15) is 10.8 Å². The highest BCUT2D eigenvalue weighted by molar-refractivity contribution is 7.98. The number of halogens is 4. The zero-order chi connectivity index (χ0) is 22.1. The lowest BCUT2D eigenvalue weighted by molar-refractivity contribution is -0.140. The summed E-state index contributed by atoms with van der Waals surface area (Å²) in [6.45, 7) is 3.73. The number of aryl methyl sites for hydroxylation is 2. The highest BCUT2D eigenvalue weighted by Crippen LogP contribution is 2.37. The number of carbonyl (C=O) groups is 1. The van der Waals surface area contributed by atoms with E-state index in [2.05, 4.69) is 4.98 Å². The minimum absolute atomic E-state index is 0.0585. The smallest absolute Gasteiger partial charge is 0.419 e. The molecule has 3 aromatic rings. The highest BCUT2D eigenvalue weighted by atomic mass is 32.2. The average molecular weight is 455 g/mol. The Kier molecular flexibility index (Phi) is 6.52. The van der Waals surface area contributed by atoms with Crippen molar-refractivity contribution in [2.75, 3.05) is 0 Å². The molecule has 0 radical (unpaired) electrons.